The van der Waals surface area contributed by atoms with Gasteiger partial charge in [-0.05, 0) is 18.2 Å². The monoisotopic (exact) mass is 268 g/mol. The summed E-state index contributed by atoms with van der Waals surface area (Å²) in [5.41, 5.74) is 5.66. The van der Waals surface area contributed by atoms with E-state index in [0.29, 0.717) is 6.54 Å². The molecule has 0 unspecified atom stereocenters. The molecule has 0 bridgehead atoms. The molecule has 2 aromatic carbocycles. The summed E-state index contributed by atoms with van der Waals surface area (Å²) < 4.78 is 0. The number of non-ortho nitro benzene ring substituents is 1. The van der Waals surface area contributed by atoms with Crippen molar-refractivity contribution >= 4 is 23.4 Å². The molecule has 0 radical (unpaired) electrons. The minimum Gasteiger partial charge on any atom is -0.287 e. The number of nitrogens with zero attached hydrogens (tertiary/aromatic N) is 3. The maximum absolute atomic E-state index is 10.9. The Morgan fingerprint density at radius 1 is 1.20 bits per heavy atom. The van der Waals surface area contributed by atoms with E-state index < -0.39 is 4.92 Å². The fraction of sp³-hybridized carbons (Fsp3) is 0.0714. The van der Waals surface area contributed by atoms with Crippen molar-refractivity contribution in [3.05, 3.63) is 64.2 Å². The van der Waals surface area contributed by atoms with Crippen molar-refractivity contribution in [1.29, 1.82) is 0 Å². The molecule has 1 heterocycles. The van der Waals surface area contributed by atoms with Crippen LogP contribution in [0.15, 0.2) is 53.5 Å². The number of nitrogens with one attached hydrogen (secondary N) is 1. The van der Waals surface area contributed by atoms with Crippen molar-refractivity contribution in [1.82, 2.24) is 5.43 Å². The first-order chi connectivity index (χ1) is 9.74. The third-order valence-corrected chi connectivity index (χ3v) is 3.09. The average Bonchev–Trinajstić information content (AvgIpc) is 2.69. The molecule has 3 rings (SSSR count). The number of hydrogen-bond acceptors (Lipinski definition) is 5. The summed E-state index contributed by atoms with van der Waals surface area (Å²) in [6.45, 7) is 0.501. The summed E-state index contributed by atoms with van der Waals surface area (Å²) >= 11 is 0. The van der Waals surface area contributed by atoms with E-state index in [-0.39, 0.29) is 5.69 Å². The summed E-state index contributed by atoms with van der Waals surface area (Å²) in [4.78, 5) is 14.7. The van der Waals surface area contributed by atoms with E-state index in [9.17, 15) is 10.1 Å². The molecule has 6 heteroatoms. The first-order valence-electron chi connectivity index (χ1n) is 6.12. The van der Waals surface area contributed by atoms with Crippen LogP contribution >= 0.6 is 0 Å². The van der Waals surface area contributed by atoms with Crippen molar-refractivity contribution in [2.75, 3.05) is 5.01 Å². The number of hydrazine groups is 1. The van der Waals surface area contributed by atoms with Gasteiger partial charge >= 0.3 is 0 Å². The van der Waals surface area contributed by atoms with Crippen LogP contribution in [0.4, 0.5) is 17.1 Å². The lowest BCUT2D eigenvalue weighted by Crippen LogP contribution is -2.35. The highest BCUT2D eigenvalue weighted by molar-refractivity contribution is 5.69. The maximum Gasteiger partial charge on any atom is 0.269 e. The fourth-order valence-electron chi connectivity index (χ4n) is 2.10. The van der Waals surface area contributed by atoms with Crippen LogP contribution in [-0.2, 0) is 6.54 Å². The lowest BCUT2D eigenvalue weighted by Gasteiger charge is -2.22. The van der Waals surface area contributed by atoms with Crippen molar-refractivity contribution < 1.29 is 4.92 Å². The molecule has 20 heavy (non-hydrogen) atoms. The Morgan fingerprint density at radius 3 is 2.75 bits per heavy atom. The zero-order valence-corrected chi connectivity index (χ0v) is 10.6. The normalized spacial score (nSPS) is 13.3. The second-order valence-electron chi connectivity index (χ2n) is 4.38. The Bertz CT molecular complexity index is 670. The van der Waals surface area contributed by atoms with Gasteiger partial charge in [-0.1, -0.05) is 18.2 Å². The van der Waals surface area contributed by atoms with Crippen LogP contribution in [0.3, 0.4) is 0 Å². The number of anilines is 1. The number of benzene rings is 2. The van der Waals surface area contributed by atoms with Crippen LogP contribution in [0.2, 0.25) is 0 Å². The number of nitro benzene ring substituents is 1. The first-order valence-corrected chi connectivity index (χ1v) is 6.12. The van der Waals surface area contributed by atoms with E-state index in [1.54, 1.807) is 18.5 Å². The number of hydrogen-bond donors (Lipinski definition) is 1. The maximum atomic E-state index is 10.9. The third-order valence-electron chi connectivity index (χ3n) is 3.09. The second-order valence-corrected chi connectivity index (χ2v) is 4.38. The molecule has 1 N–H and O–H groups in total. The molecule has 0 atom stereocenters. The Labute approximate surface area is 115 Å². The summed E-state index contributed by atoms with van der Waals surface area (Å²) in [6, 6.07) is 14.4. The number of aliphatic imine (C=N–C) groups is 1. The summed E-state index contributed by atoms with van der Waals surface area (Å²) in [5.74, 6) is 0. The molecule has 1 aliphatic rings. The first kappa shape index (κ1) is 12.2. The van der Waals surface area contributed by atoms with Crippen LogP contribution < -0.4 is 10.4 Å². The Hall–Kier alpha value is -2.89. The predicted molar refractivity (Wildman–Crippen MR) is 77.0 cm³/mol. The molecule has 2 aromatic rings. The van der Waals surface area contributed by atoms with E-state index in [4.69, 9.17) is 0 Å². The van der Waals surface area contributed by atoms with Crippen molar-refractivity contribution in [2.24, 2.45) is 4.99 Å². The number of fused-ring (bicyclic) bond motifs is 1. The van der Waals surface area contributed by atoms with Gasteiger partial charge in [0.15, 0.2) is 0 Å². The highest BCUT2D eigenvalue weighted by Crippen LogP contribution is 2.28. The summed E-state index contributed by atoms with van der Waals surface area (Å²) in [5, 5.41) is 12.8. The van der Waals surface area contributed by atoms with Gasteiger partial charge in [0.2, 0.25) is 0 Å². The second kappa shape index (κ2) is 5.00. The number of para-hydroxylation sites is 1. The van der Waals surface area contributed by atoms with Gasteiger partial charge in [-0.3, -0.25) is 20.5 Å². The molecular formula is C14H12N4O2. The van der Waals surface area contributed by atoms with Crippen LogP contribution in [0.25, 0.3) is 0 Å². The minimum absolute atomic E-state index is 0.0776. The van der Waals surface area contributed by atoms with E-state index in [1.807, 2.05) is 35.3 Å². The molecule has 100 valence electrons. The predicted octanol–water partition coefficient (Wildman–Crippen LogP) is 2.78. The van der Waals surface area contributed by atoms with E-state index in [1.165, 1.54) is 6.07 Å². The summed E-state index contributed by atoms with van der Waals surface area (Å²) in [7, 11) is 0. The van der Waals surface area contributed by atoms with Gasteiger partial charge in [-0.25, -0.2) is 4.99 Å². The van der Waals surface area contributed by atoms with Crippen LogP contribution in [0.5, 0.6) is 0 Å². The van der Waals surface area contributed by atoms with Gasteiger partial charge in [0, 0.05) is 17.7 Å². The topological polar surface area (TPSA) is 70.8 Å². The zero-order valence-electron chi connectivity index (χ0n) is 10.6. The van der Waals surface area contributed by atoms with E-state index in [2.05, 4.69) is 10.4 Å². The van der Waals surface area contributed by atoms with Crippen molar-refractivity contribution in [3.63, 3.8) is 0 Å². The quantitative estimate of drug-likeness (QED) is 0.671. The number of rotatable bonds is 2. The molecular weight excluding hydrogens is 256 g/mol. The SMILES string of the molecule is O=[N+]([O-])c1ccc2c(c1)CN(c1ccccc1)NC=N2. The molecule has 0 spiro atoms. The highest BCUT2D eigenvalue weighted by atomic mass is 16.6. The molecule has 0 aliphatic carbocycles. The van der Waals surface area contributed by atoms with Gasteiger partial charge in [0.05, 0.1) is 22.8 Å². The highest BCUT2D eigenvalue weighted by Gasteiger charge is 2.15. The summed E-state index contributed by atoms with van der Waals surface area (Å²) in [6.07, 6.45) is 1.59. The van der Waals surface area contributed by atoms with Crippen molar-refractivity contribution in [3.8, 4) is 0 Å². The molecule has 0 fully saturated rings. The Balaban J connectivity index is 1.97. The molecule has 0 amide bonds. The van der Waals surface area contributed by atoms with Crippen LogP contribution in [-0.4, -0.2) is 11.3 Å². The van der Waals surface area contributed by atoms with E-state index in [0.717, 1.165) is 16.9 Å². The lowest BCUT2D eigenvalue weighted by molar-refractivity contribution is -0.384. The largest absolute Gasteiger partial charge is 0.287 e. The van der Waals surface area contributed by atoms with Gasteiger partial charge in [-0.15, -0.1) is 0 Å². The molecule has 6 nitrogen and oxygen atoms in total. The fourth-order valence-corrected chi connectivity index (χ4v) is 2.10. The standard InChI is InChI=1S/C14H12N4O2/c19-18(20)13-6-7-14-11(8-13)9-17(16-10-15-14)12-4-2-1-3-5-12/h1-8,10H,9H2,(H,15,16). The van der Waals surface area contributed by atoms with Gasteiger partial charge in [-0.2, -0.15) is 0 Å². The van der Waals surface area contributed by atoms with Gasteiger partial charge in [0.1, 0.15) is 6.34 Å². The van der Waals surface area contributed by atoms with Crippen LogP contribution in [0, 0.1) is 10.1 Å². The van der Waals surface area contributed by atoms with E-state index >= 15 is 0 Å². The third kappa shape index (κ3) is 2.31. The minimum atomic E-state index is -0.394. The average molecular weight is 268 g/mol. The Kier molecular flexibility index (Phi) is 3.04. The zero-order chi connectivity index (χ0) is 13.9. The molecule has 1 aliphatic heterocycles. The Morgan fingerprint density at radius 2 is 2.00 bits per heavy atom. The van der Waals surface area contributed by atoms with Crippen LogP contribution in [0.1, 0.15) is 5.56 Å². The molecule has 0 saturated heterocycles. The van der Waals surface area contributed by atoms with Crippen molar-refractivity contribution in [2.45, 2.75) is 6.54 Å². The number of nitro groups is 1. The lowest BCUT2D eigenvalue weighted by atomic mass is 10.1. The molecule has 0 saturated carbocycles. The molecule has 0 aromatic heterocycles. The van der Waals surface area contributed by atoms with Gasteiger partial charge < -0.3 is 0 Å². The smallest absolute Gasteiger partial charge is 0.269 e. The van der Waals surface area contributed by atoms with Gasteiger partial charge in [0.25, 0.3) is 5.69 Å².